The summed E-state index contributed by atoms with van der Waals surface area (Å²) in [7, 11) is 0. The molecule has 2 atom stereocenters. The summed E-state index contributed by atoms with van der Waals surface area (Å²) in [5.74, 6) is 0.503. The van der Waals surface area contributed by atoms with Crippen LogP contribution in [0.3, 0.4) is 0 Å². The predicted octanol–water partition coefficient (Wildman–Crippen LogP) is 7.65. The molecule has 1 spiro atoms. The van der Waals surface area contributed by atoms with Crippen LogP contribution in [0, 0.1) is 5.41 Å². The van der Waals surface area contributed by atoms with E-state index in [2.05, 4.69) is 0 Å². The molecule has 3 saturated carbocycles. The summed E-state index contributed by atoms with van der Waals surface area (Å²) >= 11 is 0. The lowest BCUT2D eigenvalue weighted by molar-refractivity contribution is -0.137. The first-order chi connectivity index (χ1) is 17.3. The Hall–Kier alpha value is -1.92. The van der Waals surface area contributed by atoms with Crippen molar-refractivity contribution in [2.24, 2.45) is 5.41 Å². The normalized spacial score (nSPS) is 25.2. The Balaban J connectivity index is 1.53. The second-order valence-corrected chi connectivity index (χ2v) is 11.9. The van der Waals surface area contributed by atoms with E-state index in [0.29, 0.717) is 5.56 Å². The fourth-order valence-corrected chi connectivity index (χ4v) is 7.36. The van der Waals surface area contributed by atoms with Crippen molar-refractivity contribution in [3.8, 4) is 0 Å². The van der Waals surface area contributed by atoms with Crippen LogP contribution in [-0.4, -0.2) is 15.2 Å². The molecule has 6 rings (SSSR count). The molecule has 0 saturated heterocycles. The van der Waals surface area contributed by atoms with Crippen LogP contribution in [0.25, 0.3) is 0 Å². The molecule has 2 aromatic rings. The highest BCUT2D eigenvalue weighted by molar-refractivity contribution is 5.51. The minimum Gasteiger partial charge on any atom is -0.388 e. The summed E-state index contributed by atoms with van der Waals surface area (Å²) in [5, 5.41) is 23.3. The molecular weight excluding hydrogens is 463 g/mol. The van der Waals surface area contributed by atoms with Gasteiger partial charge in [0.25, 0.3) is 0 Å². The largest absolute Gasteiger partial charge is 0.416 e. The number of hydrogen-bond donors (Lipinski definition) is 2. The Kier molecular flexibility index (Phi) is 6.19. The lowest BCUT2D eigenvalue weighted by Crippen LogP contribution is -2.28. The van der Waals surface area contributed by atoms with Gasteiger partial charge in [0.1, 0.15) is 6.10 Å². The van der Waals surface area contributed by atoms with E-state index in [0.717, 1.165) is 117 Å². The van der Waals surface area contributed by atoms with Crippen molar-refractivity contribution in [3.63, 3.8) is 0 Å². The number of aromatic nitrogens is 1. The van der Waals surface area contributed by atoms with Crippen molar-refractivity contribution < 1.29 is 23.4 Å². The fraction of sp³-hybridized carbons (Fsp3) is 0.633. The third kappa shape index (κ3) is 4.38. The van der Waals surface area contributed by atoms with Crippen LogP contribution in [0.4, 0.5) is 13.2 Å². The zero-order chi connectivity index (χ0) is 25.1. The van der Waals surface area contributed by atoms with Gasteiger partial charge >= 0.3 is 6.18 Å². The molecule has 0 amide bonds. The van der Waals surface area contributed by atoms with Gasteiger partial charge in [0.2, 0.25) is 0 Å². The van der Waals surface area contributed by atoms with Gasteiger partial charge in [0.05, 0.1) is 17.4 Å². The first-order valence-corrected chi connectivity index (χ1v) is 13.9. The highest BCUT2D eigenvalue weighted by Crippen LogP contribution is 2.59. The van der Waals surface area contributed by atoms with Crippen LogP contribution in [0.2, 0.25) is 0 Å². The molecular formula is C30H36F3NO2. The van der Waals surface area contributed by atoms with Crippen molar-refractivity contribution in [2.75, 3.05) is 0 Å². The topological polar surface area (TPSA) is 53.4 Å². The first kappa shape index (κ1) is 24.4. The van der Waals surface area contributed by atoms with Gasteiger partial charge in [0.15, 0.2) is 0 Å². The zero-order valence-electron chi connectivity index (χ0n) is 20.8. The quantitative estimate of drug-likeness (QED) is 0.454. The Bertz CT molecular complexity index is 1110. The molecule has 0 aliphatic heterocycles. The average molecular weight is 500 g/mol. The van der Waals surface area contributed by atoms with Crippen LogP contribution in [-0.2, 0) is 12.6 Å². The van der Waals surface area contributed by atoms with E-state index in [1.807, 2.05) is 0 Å². The highest BCUT2D eigenvalue weighted by atomic mass is 19.4. The van der Waals surface area contributed by atoms with E-state index in [1.165, 1.54) is 18.6 Å². The van der Waals surface area contributed by atoms with Gasteiger partial charge in [-0.15, -0.1) is 0 Å². The highest BCUT2D eigenvalue weighted by Gasteiger charge is 2.50. The van der Waals surface area contributed by atoms with Gasteiger partial charge in [-0.1, -0.05) is 44.2 Å². The van der Waals surface area contributed by atoms with Gasteiger partial charge in [-0.25, -0.2) is 0 Å². The molecule has 3 nitrogen and oxygen atoms in total. The van der Waals surface area contributed by atoms with Gasteiger partial charge in [0, 0.05) is 22.7 Å². The second kappa shape index (κ2) is 9.13. The maximum Gasteiger partial charge on any atom is 0.416 e. The Labute approximate surface area is 211 Å². The Morgan fingerprint density at radius 2 is 1.47 bits per heavy atom. The number of benzene rings is 1. The van der Waals surface area contributed by atoms with E-state index >= 15 is 0 Å². The Morgan fingerprint density at radius 3 is 2.08 bits per heavy atom. The summed E-state index contributed by atoms with van der Waals surface area (Å²) in [4.78, 5) is 5.24. The number of hydrogen-bond acceptors (Lipinski definition) is 3. The number of aliphatic hydroxyl groups is 2. The maximum atomic E-state index is 13.2. The summed E-state index contributed by atoms with van der Waals surface area (Å²) in [6.45, 7) is 0. The third-order valence-electron chi connectivity index (χ3n) is 9.46. The van der Waals surface area contributed by atoms with Crippen molar-refractivity contribution in [2.45, 2.75) is 114 Å². The standard InChI is InChI=1S/C30H36F3NO2/c31-30(32,33)21-12-10-20(11-13-21)28(36)26-24(18-6-2-1-3-7-18)25-22(16-29(14-15-29)17-23(25)35)34-27(26)19-8-4-5-9-19/h10-13,18-19,23,28,35-36H,1-9,14-17H2/t23-,28-/m0/s1. The van der Waals surface area contributed by atoms with Crippen molar-refractivity contribution in [3.05, 3.63) is 63.5 Å². The number of aliphatic hydroxyl groups excluding tert-OH is 2. The van der Waals surface area contributed by atoms with Crippen LogP contribution in [0.1, 0.15) is 140 Å². The van der Waals surface area contributed by atoms with Crippen LogP contribution in [0.5, 0.6) is 0 Å². The molecule has 2 N–H and O–H groups in total. The maximum absolute atomic E-state index is 13.2. The monoisotopic (exact) mass is 499 g/mol. The van der Waals surface area contributed by atoms with Gasteiger partial charge in [-0.3, -0.25) is 4.98 Å². The molecule has 0 bridgehead atoms. The lowest BCUT2D eigenvalue weighted by atomic mass is 9.71. The van der Waals surface area contributed by atoms with Crippen LogP contribution < -0.4 is 0 Å². The number of pyridine rings is 1. The van der Waals surface area contributed by atoms with Crippen molar-refractivity contribution in [1.29, 1.82) is 0 Å². The van der Waals surface area contributed by atoms with Crippen molar-refractivity contribution >= 4 is 0 Å². The number of fused-ring (bicyclic) bond motifs is 1. The molecule has 0 unspecified atom stereocenters. The summed E-state index contributed by atoms with van der Waals surface area (Å²) in [6.07, 6.45) is 7.65. The van der Waals surface area contributed by atoms with Crippen LogP contribution in [0.15, 0.2) is 24.3 Å². The SMILES string of the molecule is O[C@@H](c1ccc(C(F)(F)F)cc1)c1c(C2CCCC2)nc2c(c1C1CCCCC1)[C@@H](O)CC1(CC1)C2. The molecule has 6 heteroatoms. The average Bonchev–Trinajstić information content (AvgIpc) is 3.37. The predicted molar refractivity (Wildman–Crippen MR) is 132 cm³/mol. The smallest absolute Gasteiger partial charge is 0.388 e. The molecule has 0 radical (unpaired) electrons. The Morgan fingerprint density at radius 1 is 0.861 bits per heavy atom. The minimum absolute atomic E-state index is 0.184. The third-order valence-corrected chi connectivity index (χ3v) is 9.46. The molecule has 36 heavy (non-hydrogen) atoms. The number of halogens is 3. The van der Waals surface area contributed by atoms with E-state index in [-0.39, 0.29) is 17.3 Å². The van der Waals surface area contributed by atoms with Crippen molar-refractivity contribution in [1.82, 2.24) is 4.98 Å². The molecule has 3 fully saturated rings. The minimum atomic E-state index is -4.41. The molecule has 1 heterocycles. The van der Waals surface area contributed by atoms with Crippen LogP contribution >= 0.6 is 0 Å². The van der Waals surface area contributed by atoms with E-state index in [1.54, 1.807) is 0 Å². The van der Waals surface area contributed by atoms with E-state index < -0.39 is 23.9 Å². The first-order valence-electron chi connectivity index (χ1n) is 13.9. The lowest BCUT2D eigenvalue weighted by Gasteiger charge is -2.37. The van der Waals surface area contributed by atoms with Gasteiger partial charge in [-0.2, -0.15) is 13.2 Å². The number of nitrogens with zero attached hydrogens (tertiary/aromatic N) is 1. The summed E-state index contributed by atoms with van der Waals surface area (Å²) in [6, 6.07) is 4.94. The second-order valence-electron chi connectivity index (χ2n) is 11.9. The van der Waals surface area contributed by atoms with E-state index in [9.17, 15) is 23.4 Å². The molecule has 1 aromatic heterocycles. The van der Waals surface area contributed by atoms with Gasteiger partial charge < -0.3 is 10.2 Å². The zero-order valence-corrected chi connectivity index (χ0v) is 20.8. The molecule has 194 valence electrons. The fourth-order valence-electron chi connectivity index (χ4n) is 7.36. The summed E-state index contributed by atoms with van der Waals surface area (Å²) in [5.41, 5.74) is 4.71. The van der Waals surface area contributed by atoms with Gasteiger partial charge in [-0.05, 0) is 86.0 Å². The number of rotatable bonds is 4. The summed E-state index contributed by atoms with van der Waals surface area (Å²) < 4.78 is 39.7. The van der Waals surface area contributed by atoms with E-state index in [4.69, 9.17) is 4.98 Å². The molecule has 4 aliphatic rings. The molecule has 4 aliphatic carbocycles. The molecule has 1 aromatic carbocycles. The number of alkyl halides is 3.